The summed E-state index contributed by atoms with van der Waals surface area (Å²) in [4.78, 5) is 11.5. The van der Waals surface area contributed by atoms with E-state index in [1.807, 2.05) is 45.9 Å². The van der Waals surface area contributed by atoms with Crippen LogP contribution >= 0.6 is 0 Å². The summed E-state index contributed by atoms with van der Waals surface area (Å²) in [6, 6.07) is 0.452. The average Bonchev–Trinajstić information content (AvgIpc) is 3.06. The van der Waals surface area contributed by atoms with Crippen LogP contribution in [0.3, 0.4) is 0 Å². The minimum absolute atomic E-state index is 0.100. The quantitative estimate of drug-likeness (QED) is 0.559. The zero-order chi connectivity index (χ0) is 11.7. The smallest absolute Gasteiger partial charge is 0.247 e. The van der Waals surface area contributed by atoms with Gasteiger partial charge >= 0.3 is 0 Å². The van der Waals surface area contributed by atoms with Crippen LogP contribution in [0.1, 0.15) is 47.0 Å². The Morgan fingerprint density at radius 3 is 2.40 bits per heavy atom. The van der Waals surface area contributed by atoms with Gasteiger partial charge in [0.15, 0.2) is 0 Å². The molecule has 2 nitrogen and oxygen atoms in total. The zero-order valence-electron chi connectivity index (χ0n) is 10.3. The molecule has 2 heteroatoms. The van der Waals surface area contributed by atoms with Gasteiger partial charge in [0, 0.05) is 11.6 Å². The molecule has 0 aliphatic heterocycles. The van der Waals surface area contributed by atoms with Gasteiger partial charge in [0.1, 0.15) is 0 Å². The number of rotatable bonds is 4. The van der Waals surface area contributed by atoms with Crippen molar-refractivity contribution in [1.82, 2.24) is 5.32 Å². The highest BCUT2D eigenvalue weighted by atomic mass is 16.1. The predicted molar refractivity (Wildman–Crippen MR) is 65.7 cm³/mol. The Morgan fingerprint density at radius 1 is 1.40 bits per heavy atom. The number of carbonyl (C=O) groups excluding carboxylic acids is 1. The molecule has 0 aromatic carbocycles. The van der Waals surface area contributed by atoms with Crippen molar-refractivity contribution in [2.75, 3.05) is 0 Å². The third kappa shape index (κ3) is 6.10. The first kappa shape index (κ1) is 13.9. The van der Waals surface area contributed by atoms with E-state index in [4.69, 9.17) is 0 Å². The third-order valence-electron chi connectivity index (χ3n) is 2.07. The highest BCUT2D eigenvalue weighted by Crippen LogP contribution is 2.19. The Labute approximate surface area is 93.5 Å². The van der Waals surface area contributed by atoms with E-state index in [0.29, 0.717) is 6.04 Å². The number of allylic oxidation sites excluding steroid dienone is 3. The first-order valence-corrected chi connectivity index (χ1v) is 5.90. The molecule has 0 radical (unpaired) electrons. The highest BCUT2D eigenvalue weighted by Gasteiger charge is 2.23. The summed E-state index contributed by atoms with van der Waals surface area (Å²) in [5.41, 5.74) is 0.866. The van der Waals surface area contributed by atoms with Gasteiger partial charge in [-0.3, -0.25) is 4.79 Å². The second-order valence-corrected chi connectivity index (χ2v) is 3.32. The zero-order valence-corrected chi connectivity index (χ0v) is 10.3. The maximum absolute atomic E-state index is 11.5. The molecular weight excluding hydrogens is 186 g/mol. The summed E-state index contributed by atoms with van der Waals surface area (Å²) >= 11 is 0. The molecule has 1 aliphatic rings. The van der Waals surface area contributed by atoms with E-state index in [0.717, 1.165) is 24.8 Å². The van der Waals surface area contributed by atoms with Crippen molar-refractivity contribution in [3.05, 3.63) is 23.8 Å². The van der Waals surface area contributed by atoms with E-state index in [9.17, 15) is 4.79 Å². The fraction of sp³-hybridized carbons (Fsp3) is 0.615. The predicted octanol–water partition coefficient (Wildman–Crippen LogP) is 3.20. The van der Waals surface area contributed by atoms with Crippen molar-refractivity contribution in [3.63, 3.8) is 0 Å². The number of hydrogen-bond acceptors (Lipinski definition) is 1. The van der Waals surface area contributed by atoms with Crippen LogP contribution in [0.25, 0.3) is 0 Å². The van der Waals surface area contributed by atoms with Crippen LogP contribution in [0.2, 0.25) is 0 Å². The Balaban J connectivity index is 0.000000921. The molecule has 1 saturated carbocycles. The first-order chi connectivity index (χ1) is 7.27. The molecule has 1 rings (SSSR count). The molecule has 0 atom stereocenters. The minimum atomic E-state index is 0.100. The van der Waals surface area contributed by atoms with Crippen LogP contribution in [0.15, 0.2) is 23.8 Å². The fourth-order valence-electron chi connectivity index (χ4n) is 1.07. The molecule has 0 unspecified atom stereocenters. The molecule has 86 valence electrons. The van der Waals surface area contributed by atoms with Crippen LogP contribution in [0, 0.1) is 0 Å². The van der Waals surface area contributed by atoms with Gasteiger partial charge in [-0.2, -0.15) is 0 Å². The van der Waals surface area contributed by atoms with Gasteiger partial charge in [-0.15, -0.1) is 0 Å². The Morgan fingerprint density at radius 2 is 2.00 bits per heavy atom. The molecule has 0 aromatic rings. The lowest BCUT2D eigenvalue weighted by Crippen LogP contribution is -2.26. The lowest BCUT2D eigenvalue weighted by atomic mass is 10.1. The second kappa shape index (κ2) is 8.27. The van der Waals surface area contributed by atoms with Gasteiger partial charge < -0.3 is 5.32 Å². The number of amides is 1. The van der Waals surface area contributed by atoms with Crippen molar-refractivity contribution in [1.29, 1.82) is 0 Å². The van der Waals surface area contributed by atoms with E-state index < -0.39 is 0 Å². The summed E-state index contributed by atoms with van der Waals surface area (Å²) in [6.45, 7) is 7.95. The summed E-state index contributed by atoms with van der Waals surface area (Å²) < 4.78 is 0. The summed E-state index contributed by atoms with van der Waals surface area (Å²) in [5, 5.41) is 2.97. The molecular formula is C13H23NO. The van der Waals surface area contributed by atoms with E-state index in [2.05, 4.69) is 5.32 Å². The second-order valence-electron chi connectivity index (χ2n) is 3.32. The van der Waals surface area contributed by atoms with E-state index >= 15 is 0 Å². The van der Waals surface area contributed by atoms with Gasteiger partial charge in [-0.1, -0.05) is 39.0 Å². The van der Waals surface area contributed by atoms with Crippen molar-refractivity contribution in [2.24, 2.45) is 0 Å². The summed E-state index contributed by atoms with van der Waals surface area (Å²) in [7, 11) is 0. The molecule has 1 aliphatic carbocycles. The first-order valence-electron chi connectivity index (χ1n) is 5.90. The maximum Gasteiger partial charge on any atom is 0.247 e. The van der Waals surface area contributed by atoms with Gasteiger partial charge in [-0.05, 0) is 26.2 Å². The van der Waals surface area contributed by atoms with Crippen molar-refractivity contribution >= 4 is 5.91 Å². The highest BCUT2D eigenvalue weighted by molar-refractivity contribution is 5.93. The van der Waals surface area contributed by atoms with Crippen LogP contribution in [-0.4, -0.2) is 11.9 Å². The third-order valence-corrected chi connectivity index (χ3v) is 2.07. The normalized spacial score (nSPS) is 15.9. The van der Waals surface area contributed by atoms with Crippen LogP contribution in [-0.2, 0) is 4.79 Å². The standard InChI is InChI=1S/C11H17NO.C2H6/c1-3-5-6-9(4-2)11(13)12-10-7-8-10;1-2/h3,5-6,10H,4,7-8H2,1-2H3,(H,12,13);1-2H3/b5-3-,9-6+;. The van der Waals surface area contributed by atoms with E-state index in [-0.39, 0.29) is 5.91 Å². The maximum atomic E-state index is 11.5. The van der Waals surface area contributed by atoms with Crippen molar-refractivity contribution < 1.29 is 4.79 Å². The Hall–Kier alpha value is -1.05. The number of nitrogens with one attached hydrogen (secondary N) is 1. The van der Waals surface area contributed by atoms with Crippen LogP contribution in [0.5, 0.6) is 0 Å². The van der Waals surface area contributed by atoms with E-state index in [1.165, 1.54) is 0 Å². The molecule has 1 N–H and O–H groups in total. The molecule has 15 heavy (non-hydrogen) atoms. The molecule has 0 spiro atoms. The monoisotopic (exact) mass is 209 g/mol. The minimum Gasteiger partial charge on any atom is -0.350 e. The summed E-state index contributed by atoms with van der Waals surface area (Å²) in [6.07, 6.45) is 8.81. The topological polar surface area (TPSA) is 29.1 Å². The SMILES string of the molecule is C/C=C\C=C(/CC)C(=O)NC1CC1.CC. The molecule has 0 saturated heterocycles. The molecule has 1 fully saturated rings. The fourth-order valence-corrected chi connectivity index (χ4v) is 1.07. The molecule has 0 heterocycles. The largest absolute Gasteiger partial charge is 0.350 e. The molecule has 1 amide bonds. The lowest BCUT2D eigenvalue weighted by Gasteiger charge is -2.04. The van der Waals surface area contributed by atoms with Crippen molar-refractivity contribution in [3.8, 4) is 0 Å². The molecule has 0 bridgehead atoms. The lowest BCUT2D eigenvalue weighted by molar-refractivity contribution is -0.117. The summed E-state index contributed by atoms with van der Waals surface area (Å²) in [5.74, 6) is 0.100. The van der Waals surface area contributed by atoms with Gasteiger partial charge in [0.05, 0.1) is 0 Å². The van der Waals surface area contributed by atoms with Crippen LogP contribution < -0.4 is 5.32 Å². The van der Waals surface area contributed by atoms with Gasteiger partial charge in [-0.25, -0.2) is 0 Å². The number of hydrogen-bond donors (Lipinski definition) is 1. The van der Waals surface area contributed by atoms with Crippen molar-refractivity contribution in [2.45, 2.75) is 53.0 Å². The van der Waals surface area contributed by atoms with E-state index in [1.54, 1.807) is 0 Å². The van der Waals surface area contributed by atoms with Gasteiger partial charge in [0.2, 0.25) is 5.91 Å². The Bertz CT molecular complexity index is 237. The van der Waals surface area contributed by atoms with Gasteiger partial charge in [0.25, 0.3) is 0 Å². The molecule has 0 aromatic heterocycles. The number of carbonyl (C=O) groups is 1. The average molecular weight is 209 g/mol. The van der Waals surface area contributed by atoms with Crippen LogP contribution in [0.4, 0.5) is 0 Å². The Kier molecular flexibility index (Phi) is 7.69.